The van der Waals surface area contributed by atoms with Crippen molar-refractivity contribution in [3.8, 4) is 0 Å². The minimum absolute atomic E-state index is 0.339. The molecule has 0 aliphatic heterocycles. The van der Waals surface area contributed by atoms with E-state index in [4.69, 9.17) is 17.2 Å². The van der Waals surface area contributed by atoms with Gasteiger partial charge in [-0.05, 0) is 0 Å². The van der Waals surface area contributed by atoms with E-state index in [0.717, 1.165) is 5.56 Å². The molecule has 10 heavy (non-hydrogen) atoms. The SMILES string of the molecule is Cn1nc(N)c(CN)c1N. The Balaban J connectivity index is 3.20. The summed E-state index contributed by atoms with van der Waals surface area (Å²) in [5.41, 5.74) is 17.1. The van der Waals surface area contributed by atoms with Crippen LogP contribution >= 0.6 is 0 Å². The predicted molar refractivity (Wildman–Crippen MR) is 39.9 cm³/mol. The number of nitrogen functional groups attached to an aromatic ring is 2. The quantitative estimate of drug-likeness (QED) is 0.469. The van der Waals surface area contributed by atoms with Gasteiger partial charge in [0.05, 0.1) is 5.56 Å². The average molecular weight is 141 g/mol. The fourth-order valence-electron chi connectivity index (χ4n) is 0.811. The smallest absolute Gasteiger partial charge is 0.152 e. The van der Waals surface area contributed by atoms with Crippen molar-refractivity contribution in [3.63, 3.8) is 0 Å². The number of hydrogen-bond donors (Lipinski definition) is 3. The molecule has 0 aliphatic rings. The summed E-state index contributed by atoms with van der Waals surface area (Å²) in [6.45, 7) is 0.339. The molecule has 6 N–H and O–H groups in total. The second-order valence-electron chi connectivity index (χ2n) is 2.08. The summed E-state index contributed by atoms with van der Waals surface area (Å²) in [7, 11) is 1.73. The van der Waals surface area contributed by atoms with Crippen molar-refractivity contribution in [2.45, 2.75) is 6.54 Å². The molecule has 1 rings (SSSR count). The molecule has 0 fully saturated rings. The number of nitrogens with two attached hydrogens (primary N) is 3. The molecular formula is C5H11N5. The van der Waals surface area contributed by atoms with E-state index in [1.165, 1.54) is 4.68 Å². The van der Waals surface area contributed by atoms with E-state index in [9.17, 15) is 0 Å². The van der Waals surface area contributed by atoms with Crippen molar-refractivity contribution >= 4 is 11.6 Å². The molecule has 5 heteroatoms. The number of nitrogens with zero attached hydrogens (tertiary/aromatic N) is 2. The van der Waals surface area contributed by atoms with Gasteiger partial charge in [0.15, 0.2) is 5.82 Å². The van der Waals surface area contributed by atoms with Crippen molar-refractivity contribution in [1.29, 1.82) is 0 Å². The summed E-state index contributed by atoms with van der Waals surface area (Å²) in [4.78, 5) is 0. The minimum Gasteiger partial charge on any atom is -0.384 e. The number of hydrogen-bond acceptors (Lipinski definition) is 4. The third kappa shape index (κ3) is 0.801. The van der Waals surface area contributed by atoms with Gasteiger partial charge in [-0.25, -0.2) is 0 Å². The molecule has 0 radical (unpaired) electrons. The minimum atomic E-state index is 0.339. The molecular weight excluding hydrogens is 130 g/mol. The Morgan fingerprint density at radius 2 is 2.10 bits per heavy atom. The van der Waals surface area contributed by atoms with Gasteiger partial charge in [-0.3, -0.25) is 4.68 Å². The summed E-state index contributed by atoms with van der Waals surface area (Å²) in [5.74, 6) is 0.961. The normalized spacial score (nSPS) is 10.2. The molecule has 0 amide bonds. The van der Waals surface area contributed by atoms with Crippen molar-refractivity contribution in [2.24, 2.45) is 12.8 Å². The summed E-state index contributed by atoms with van der Waals surface area (Å²) in [6, 6.07) is 0. The largest absolute Gasteiger partial charge is 0.384 e. The molecule has 56 valence electrons. The van der Waals surface area contributed by atoms with Crippen molar-refractivity contribution in [1.82, 2.24) is 9.78 Å². The maximum Gasteiger partial charge on any atom is 0.152 e. The van der Waals surface area contributed by atoms with Crippen molar-refractivity contribution < 1.29 is 0 Å². The van der Waals surface area contributed by atoms with Crippen LogP contribution in [0.1, 0.15) is 5.56 Å². The van der Waals surface area contributed by atoms with Crippen LogP contribution in [0.2, 0.25) is 0 Å². The second-order valence-corrected chi connectivity index (χ2v) is 2.08. The highest BCUT2D eigenvalue weighted by atomic mass is 15.3. The van der Waals surface area contributed by atoms with Gasteiger partial charge in [-0.2, -0.15) is 5.10 Å². The molecule has 5 nitrogen and oxygen atoms in total. The van der Waals surface area contributed by atoms with E-state index in [-0.39, 0.29) is 0 Å². The van der Waals surface area contributed by atoms with E-state index in [1.54, 1.807) is 7.05 Å². The van der Waals surface area contributed by atoms with Gasteiger partial charge < -0.3 is 17.2 Å². The van der Waals surface area contributed by atoms with Crippen LogP contribution in [0.4, 0.5) is 11.6 Å². The lowest BCUT2D eigenvalue weighted by atomic mass is 10.3. The molecule has 0 bridgehead atoms. The van der Waals surface area contributed by atoms with Gasteiger partial charge in [0.1, 0.15) is 5.82 Å². The van der Waals surface area contributed by atoms with Gasteiger partial charge in [-0.15, -0.1) is 0 Å². The molecule has 0 unspecified atom stereocenters. The molecule has 1 aromatic heterocycles. The Labute approximate surface area is 58.8 Å². The van der Waals surface area contributed by atoms with E-state index >= 15 is 0 Å². The topological polar surface area (TPSA) is 95.9 Å². The zero-order valence-corrected chi connectivity index (χ0v) is 5.83. The zero-order valence-electron chi connectivity index (χ0n) is 5.83. The van der Waals surface area contributed by atoms with Gasteiger partial charge in [-0.1, -0.05) is 0 Å². The summed E-state index contributed by atoms with van der Waals surface area (Å²) < 4.78 is 1.51. The predicted octanol–water partition coefficient (Wildman–Crippen LogP) is -0.957. The molecule has 1 aromatic rings. The Kier molecular flexibility index (Phi) is 1.50. The lowest BCUT2D eigenvalue weighted by Crippen LogP contribution is -2.03. The third-order valence-corrected chi connectivity index (χ3v) is 1.43. The van der Waals surface area contributed by atoms with Crippen LogP contribution in [-0.2, 0) is 13.6 Å². The highest BCUT2D eigenvalue weighted by Crippen LogP contribution is 2.15. The number of aromatic nitrogens is 2. The van der Waals surface area contributed by atoms with Gasteiger partial charge in [0.2, 0.25) is 0 Å². The van der Waals surface area contributed by atoms with E-state index < -0.39 is 0 Å². The number of aryl methyl sites for hydroxylation is 1. The van der Waals surface area contributed by atoms with Crippen LogP contribution < -0.4 is 17.2 Å². The highest BCUT2D eigenvalue weighted by Gasteiger charge is 2.07. The van der Waals surface area contributed by atoms with Gasteiger partial charge in [0, 0.05) is 13.6 Å². The van der Waals surface area contributed by atoms with Crippen LogP contribution in [0.3, 0.4) is 0 Å². The molecule has 0 atom stereocenters. The maximum absolute atomic E-state index is 5.55. The Morgan fingerprint density at radius 3 is 2.30 bits per heavy atom. The number of anilines is 2. The van der Waals surface area contributed by atoms with Crippen LogP contribution in [-0.4, -0.2) is 9.78 Å². The molecule has 0 saturated heterocycles. The van der Waals surface area contributed by atoms with Crippen LogP contribution in [0.25, 0.3) is 0 Å². The summed E-state index contributed by atoms with van der Waals surface area (Å²) in [5, 5.41) is 3.87. The molecule has 0 spiro atoms. The lowest BCUT2D eigenvalue weighted by Gasteiger charge is -1.94. The third-order valence-electron chi connectivity index (χ3n) is 1.43. The lowest BCUT2D eigenvalue weighted by molar-refractivity contribution is 0.783. The van der Waals surface area contributed by atoms with Crippen molar-refractivity contribution in [2.75, 3.05) is 11.5 Å². The average Bonchev–Trinajstić information content (AvgIpc) is 2.09. The molecule has 0 aromatic carbocycles. The summed E-state index contributed by atoms with van der Waals surface area (Å²) >= 11 is 0. The van der Waals surface area contributed by atoms with E-state index in [2.05, 4.69) is 5.10 Å². The standard InChI is InChI=1S/C5H11N5/c1-10-5(8)3(2-6)4(7)9-10/h2,6,8H2,1H3,(H2,7,9). The van der Waals surface area contributed by atoms with Crippen LogP contribution in [0.15, 0.2) is 0 Å². The molecule has 0 aliphatic carbocycles. The fraction of sp³-hybridized carbons (Fsp3) is 0.400. The molecule has 1 heterocycles. The van der Waals surface area contributed by atoms with E-state index in [0.29, 0.717) is 18.2 Å². The Hall–Kier alpha value is -1.23. The first-order chi connectivity index (χ1) is 4.66. The zero-order chi connectivity index (χ0) is 7.72. The second kappa shape index (κ2) is 2.18. The van der Waals surface area contributed by atoms with Gasteiger partial charge >= 0.3 is 0 Å². The van der Waals surface area contributed by atoms with E-state index in [1.807, 2.05) is 0 Å². The number of rotatable bonds is 1. The van der Waals surface area contributed by atoms with Crippen molar-refractivity contribution in [3.05, 3.63) is 5.56 Å². The Bertz CT molecular complexity index is 238. The first kappa shape index (κ1) is 6.88. The first-order valence-electron chi connectivity index (χ1n) is 2.93. The van der Waals surface area contributed by atoms with Crippen LogP contribution in [0.5, 0.6) is 0 Å². The fourth-order valence-corrected chi connectivity index (χ4v) is 0.811. The monoisotopic (exact) mass is 141 g/mol. The Morgan fingerprint density at radius 1 is 1.50 bits per heavy atom. The first-order valence-corrected chi connectivity index (χ1v) is 2.93. The van der Waals surface area contributed by atoms with Crippen LogP contribution in [0, 0.1) is 0 Å². The summed E-state index contributed by atoms with van der Waals surface area (Å²) in [6.07, 6.45) is 0. The van der Waals surface area contributed by atoms with Gasteiger partial charge in [0.25, 0.3) is 0 Å². The molecule has 0 saturated carbocycles. The maximum atomic E-state index is 5.55. The highest BCUT2D eigenvalue weighted by molar-refractivity contribution is 5.53.